The first-order valence-electron chi connectivity index (χ1n) is 10.6. The molecule has 0 saturated heterocycles. The molecule has 0 spiro atoms. The number of methoxy groups -OCH3 is 1. The molecule has 0 unspecified atom stereocenters. The van der Waals surface area contributed by atoms with E-state index in [0.29, 0.717) is 18.6 Å². The summed E-state index contributed by atoms with van der Waals surface area (Å²) in [5.41, 5.74) is -0.937. The highest BCUT2D eigenvalue weighted by molar-refractivity contribution is 7.90. The zero-order valence-electron chi connectivity index (χ0n) is 18.8. The first kappa shape index (κ1) is 24.1. The summed E-state index contributed by atoms with van der Waals surface area (Å²) >= 11 is 0. The predicted molar refractivity (Wildman–Crippen MR) is 119 cm³/mol. The van der Waals surface area contributed by atoms with Gasteiger partial charge in [-0.15, -0.1) is 0 Å². The van der Waals surface area contributed by atoms with Crippen LogP contribution in [0.1, 0.15) is 43.1 Å². The first-order chi connectivity index (χ1) is 15.9. The van der Waals surface area contributed by atoms with Gasteiger partial charge in [-0.3, -0.25) is 9.13 Å². The van der Waals surface area contributed by atoms with Crippen molar-refractivity contribution >= 4 is 20.9 Å². The Balaban J connectivity index is 1.98. The fourth-order valence-electron chi connectivity index (χ4n) is 4.01. The van der Waals surface area contributed by atoms with Crippen molar-refractivity contribution in [2.75, 3.05) is 25.7 Å². The maximum absolute atomic E-state index is 13.5. The van der Waals surface area contributed by atoms with Gasteiger partial charge in [-0.2, -0.15) is 13.2 Å². The normalized spacial score (nSPS) is 15.5. The zero-order valence-corrected chi connectivity index (χ0v) is 19.6. The van der Waals surface area contributed by atoms with Gasteiger partial charge >= 0.3 is 11.9 Å². The standard InChI is InChI=1S/C22H24F3N3O5S/c1-4-33-20-19(32-2)10-8-15(26-20)18(12-34(3,30)31)28-16-9-5-13(22(23,24)25)11-17(16)27(21(28)29)14-6-7-14/h5,8-11,14,18H,4,6-7,12H2,1-3H3/t18-/m1/s1. The second-order valence-electron chi connectivity index (χ2n) is 8.24. The third kappa shape index (κ3) is 4.63. The van der Waals surface area contributed by atoms with Gasteiger partial charge in [0, 0.05) is 12.3 Å². The van der Waals surface area contributed by atoms with Gasteiger partial charge in [0.15, 0.2) is 5.75 Å². The van der Waals surface area contributed by atoms with Gasteiger partial charge in [-0.05, 0) is 50.1 Å². The van der Waals surface area contributed by atoms with Crippen LogP contribution in [-0.2, 0) is 16.0 Å². The number of fused-ring (bicyclic) bond motifs is 1. The minimum atomic E-state index is -4.59. The number of sulfone groups is 1. The molecule has 12 heteroatoms. The lowest BCUT2D eigenvalue weighted by atomic mass is 10.1. The van der Waals surface area contributed by atoms with Crippen LogP contribution in [0.4, 0.5) is 13.2 Å². The molecule has 2 aromatic heterocycles. The number of hydrogen-bond donors (Lipinski definition) is 0. The van der Waals surface area contributed by atoms with Crippen LogP contribution in [0.3, 0.4) is 0 Å². The van der Waals surface area contributed by atoms with E-state index in [0.717, 1.165) is 18.4 Å². The number of ether oxygens (including phenoxy) is 2. The van der Waals surface area contributed by atoms with Crippen LogP contribution in [0.25, 0.3) is 11.0 Å². The Morgan fingerprint density at radius 1 is 1.18 bits per heavy atom. The molecule has 0 N–H and O–H groups in total. The van der Waals surface area contributed by atoms with Gasteiger partial charge in [0.1, 0.15) is 9.84 Å². The van der Waals surface area contributed by atoms with E-state index in [2.05, 4.69) is 4.98 Å². The van der Waals surface area contributed by atoms with Crippen LogP contribution in [0.15, 0.2) is 35.1 Å². The van der Waals surface area contributed by atoms with Crippen molar-refractivity contribution in [3.05, 3.63) is 52.1 Å². The summed E-state index contributed by atoms with van der Waals surface area (Å²) in [4.78, 5) is 17.9. The summed E-state index contributed by atoms with van der Waals surface area (Å²) in [6, 6.07) is 4.79. The number of hydrogen-bond acceptors (Lipinski definition) is 6. The van der Waals surface area contributed by atoms with Crippen LogP contribution in [0.2, 0.25) is 0 Å². The van der Waals surface area contributed by atoms with Gasteiger partial charge in [0.2, 0.25) is 0 Å². The minimum absolute atomic E-state index is 0.111. The van der Waals surface area contributed by atoms with Crippen molar-refractivity contribution in [2.45, 2.75) is 38.0 Å². The molecular formula is C22H24F3N3O5S. The highest BCUT2D eigenvalue weighted by Crippen LogP contribution is 2.39. The molecule has 0 bridgehead atoms. The van der Waals surface area contributed by atoms with Crippen molar-refractivity contribution in [1.82, 2.24) is 14.1 Å². The molecule has 1 aliphatic rings. The maximum atomic E-state index is 13.5. The summed E-state index contributed by atoms with van der Waals surface area (Å²) in [5.74, 6) is -0.0339. The molecule has 1 saturated carbocycles. The molecule has 184 valence electrons. The molecule has 3 aromatic rings. The average molecular weight is 500 g/mol. The summed E-state index contributed by atoms with van der Waals surface area (Å²) < 4.78 is 78.2. The van der Waals surface area contributed by atoms with Crippen molar-refractivity contribution in [3.63, 3.8) is 0 Å². The summed E-state index contributed by atoms with van der Waals surface area (Å²) in [7, 11) is -2.20. The molecule has 0 aliphatic heterocycles. The monoisotopic (exact) mass is 499 g/mol. The van der Waals surface area contributed by atoms with Gasteiger partial charge in [0.25, 0.3) is 5.88 Å². The van der Waals surface area contributed by atoms with E-state index < -0.39 is 39.1 Å². The highest BCUT2D eigenvalue weighted by atomic mass is 32.2. The molecule has 0 amide bonds. The number of pyridine rings is 1. The fourth-order valence-corrected chi connectivity index (χ4v) is 4.90. The Bertz CT molecular complexity index is 1390. The molecule has 0 radical (unpaired) electrons. The highest BCUT2D eigenvalue weighted by Gasteiger charge is 2.36. The quantitative estimate of drug-likeness (QED) is 0.470. The third-order valence-corrected chi connectivity index (χ3v) is 6.53. The zero-order chi connectivity index (χ0) is 24.8. The van der Waals surface area contributed by atoms with E-state index >= 15 is 0 Å². The Morgan fingerprint density at radius 3 is 2.44 bits per heavy atom. The Kier molecular flexibility index (Phi) is 6.13. The Labute approximate surface area is 193 Å². The molecule has 2 heterocycles. The van der Waals surface area contributed by atoms with Crippen LogP contribution in [0.5, 0.6) is 11.6 Å². The fraction of sp³-hybridized carbons (Fsp3) is 0.455. The lowest BCUT2D eigenvalue weighted by Gasteiger charge is -2.19. The Morgan fingerprint density at radius 2 is 1.88 bits per heavy atom. The van der Waals surface area contributed by atoms with E-state index in [1.807, 2.05) is 0 Å². The number of alkyl halides is 3. The predicted octanol–water partition coefficient (Wildman–Crippen LogP) is 3.59. The molecule has 1 fully saturated rings. The third-order valence-electron chi connectivity index (χ3n) is 5.61. The maximum Gasteiger partial charge on any atom is 0.416 e. The lowest BCUT2D eigenvalue weighted by molar-refractivity contribution is -0.137. The lowest BCUT2D eigenvalue weighted by Crippen LogP contribution is -2.32. The molecule has 1 atom stereocenters. The van der Waals surface area contributed by atoms with Gasteiger partial charge in [-0.25, -0.2) is 18.2 Å². The van der Waals surface area contributed by atoms with E-state index in [-0.39, 0.29) is 35.3 Å². The van der Waals surface area contributed by atoms with Crippen LogP contribution < -0.4 is 15.2 Å². The molecule has 1 aliphatic carbocycles. The molecule has 4 rings (SSSR count). The number of rotatable bonds is 8. The average Bonchev–Trinajstić information content (AvgIpc) is 3.53. The van der Waals surface area contributed by atoms with E-state index in [1.165, 1.54) is 28.4 Å². The van der Waals surface area contributed by atoms with Gasteiger partial charge in [0.05, 0.1) is 47.8 Å². The molecule has 1 aromatic carbocycles. The van der Waals surface area contributed by atoms with Crippen molar-refractivity contribution in [1.29, 1.82) is 0 Å². The largest absolute Gasteiger partial charge is 0.491 e. The molecule has 8 nitrogen and oxygen atoms in total. The van der Waals surface area contributed by atoms with Crippen molar-refractivity contribution < 1.29 is 31.1 Å². The Hall–Kier alpha value is -3.02. The van der Waals surface area contributed by atoms with Crippen LogP contribution >= 0.6 is 0 Å². The van der Waals surface area contributed by atoms with Gasteiger partial charge in [-0.1, -0.05) is 0 Å². The topological polar surface area (TPSA) is 92.4 Å². The second kappa shape index (κ2) is 8.64. The molecular weight excluding hydrogens is 475 g/mol. The summed E-state index contributed by atoms with van der Waals surface area (Å²) in [6.45, 7) is 2.01. The number of nitrogens with zero attached hydrogens (tertiary/aromatic N) is 3. The minimum Gasteiger partial charge on any atom is -0.491 e. The van der Waals surface area contributed by atoms with E-state index in [4.69, 9.17) is 9.47 Å². The number of aromatic nitrogens is 3. The SMILES string of the molecule is CCOc1nc([C@@H](CS(C)(=O)=O)n2c(=O)n(C3CC3)c3cc(C(F)(F)F)ccc32)ccc1OC. The number of benzene rings is 1. The number of halogens is 3. The second-order valence-corrected chi connectivity index (χ2v) is 10.4. The first-order valence-corrected chi connectivity index (χ1v) is 12.7. The van der Waals surface area contributed by atoms with Crippen LogP contribution in [0, 0.1) is 0 Å². The van der Waals surface area contributed by atoms with E-state index in [1.54, 1.807) is 13.0 Å². The molecule has 34 heavy (non-hydrogen) atoms. The smallest absolute Gasteiger partial charge is 0.416 e. The van der Waals surface area contributed by atoms with Crippen molar-refractivity contribution in [3.8, 4) is 11.6 Å². The summed E-state index contributed by atoms with van der Waals surface area (Å²) in [5, 5.41) is 0. The van der Waals surface area contributed by atoms with Gasteiger partial charge < -0.3 is 9.47 Å². The van der Waals surface area contributed by atoms with Crippen LogP contribution in [-0.4, -0.2) is 48.3 Å². The van der Waals surface area contributed by atoms with E-state index in [9.17, 15) is 26.4 Å². The summed E-state index contributed by atoms with van der Waals surface area (Å²) in [6.07, 6.45) is -2.25. The van der Waals surface area contributed by atoms with Crippen molar-refractivity contribution in [2.24, 2.45) is 0 Å². The number of imidazole rings is 1.